The van der Waals surface area contributed by atoms with Crippen molar-refractivity contribution in [1.29, 1.82) is 0 Å². The van der Waals surface area contributed by atoms with Crippen molar-refractivity contribution in [2.45, 2.75) is 39.5 Å². The summed E-state index contributed by atoms with van der Waals surface area (Å²) in [6.45, 7) is 9.62. The molecule has 0 saturated carbocycles. The number of allylic oxidation sites excluding steroid dienone is 1. The molecule has 1 N–H and O–H groups in total. The Kier molecular flexibility index (Phi) is 8.31. The fourth-order valence-electron chi connectivity index (χ4n) is 3.08. The number of aliphatic hydroxyl groups excluding tert-OH is 1. The molecule has 0 aliphatic heterocycles. The number of hydrogen-bond donors (Lipinski definition) is 1. The zero-order valence-electron chi connectivity index (χ0n) is 15.7. The van der Waals surface area contributed by atoms with Gasteiger partial charge in [0.2, 0.25) is 0 Å². The third-order valence-electron chi connectivity index (χ3n) is 4.58. The summed E-state index contributed by atoms with van der Waals surface area (Å²) in [5, 5.41) is 10.8. The van der Waals surface area contributed by atoms with Gasteiger partial charge in [-0.05, 0) is 0 Å². The Morgan fingerprint density at radius 3 is 1.85 bits per heavy atom. The van der Waals surface area contributed by atoms with Crippen molar-refractivity contribution in [2.75, 3.05) is 0 Å². The molecule has 3 heteroatoms. The predicted octanol–water partition coefficient (Wildman–Crippen LogP) is 4.20. The molecule has 138 valence electrons. The standard InChI is InChI=1S/C23H29NOSe/c1-4-11-21(22(25)18(2)3)23(26)24(16-19-12-7-5-8-13-19)17-20-14-9-6-10-15-20/h4-10,12-15,18,21-22,25H,1,11,16-17H2,2-3H3/t21-,22+/m1/s1. The van der Waals surface area contributed by atoms with E-state index in [9.17, 15) is 5.11 Å². The molecule has 2 nitrogen and oxygen atoms in total. The Morgan fingerprint density at radius 1 is 1.00 bits per heavy atom. The van der Waals surface area contributed by atoms with Gasteiger partial charge in [-0.3, -0.25) is 0 Å². The Hall–Kier alpha value is -1.67. The van der Waals surface area contributed by atoms with Crippen LogP contribution in [-0.4, -0.2) is 36.2 Å². The van der Waals surface area contributed by atoms with Gasteiger partial charge in [-0.2, -0.15) is 0 Å². The third kappa shape index (κ3) is 5.95. The molecule has 0 unspecified atom stereocenters. The first-order chi connectivity index (χ1) is 12.5. The monoisotopic (exact) mass is 415 g/mol. The van der Waals surface area contributed by atoms with Crippen molar-refractivity contribution >= 4 is 20.1 Å². The van der Waals surface area contributed by atoms with E-state index in [1.165, 1.54) is 11.1 Å². The van der Waals surface area contributed by atoms with Crippen molar-refractivity contribution in [3.63, 3.8) is 0 Å². The molecule has 0 radical (unpaired) electrons. The van der Waals surface area contributed by atoms with Crippen LogP contribution in [0.5, 0.6) is 0 Å². The summed E-state index contributed by atoms with van der Waals surface area (Å²) in [6.07, 6.45) is 2.25. The number of benzene rings is 2. The van der Waals surface area contributed by atoms with Gasteiger partial charge < -0.3 is 0 Å². The molecular weight excluding hydrogens is 385 g/mol. The first-order valence-electron chi connectivity index (χ1n) is 9.18. The van der Waals surface area contributed by atoms with Crippen molar-refractivity contribution < 1.29 is 5.11 Å². The van der Waals surface area contributed by atoms with Gasteiger partial charge >= 0.3 is 166 Å². The van der Waals surface area contributed by atoms with Crippen LogP contribution in [0.1, 0.15) is 31.4 Å². The van der Waals surface area contributed by atoms with Gasteiger partial charge in [-0.1, -0.05) is 0 Å². The van der Waals surface area contributed by atoms with Crippen molar-refractivity contribution in [3.8, 4) is 0 Å². The second kappa shape index (κ2) is 10.5. The van der Waals surface area contributed by atoms with Crippen molar-refractivity contribution in [3.05, 3.63) is 84.4 Å². The molecular formula is C23H29NOSe. The third-order valence-corrected chi connectivity index (χ3v) is 5.75. The van der Waals surface area contributed by atoms with Crippen LogP contribution in [0.15, 0.2) is 73.3 Å². The maximum atomic E-state index is 10.8. The minimum absolute atomic E-state index is 0.0277. The van der Waals surface area contributed by atoms with Gasteiger partial charge in [-0.15, -0.1) is 0 Å². The summed E-state index contributed by atoms with van der Waals surface area (Å²) in [7, 11) is 0. The fraction of sp³-hybridized carbons (Fsp3) is 0.348. The van der Waals surface area contributed by atoms with Crippen LogP contribution >= 0.6 is 0 Å². The van der Waals surface area contributed by atoms with E-state index in [1.54, 1.807) is 0 Å². The van der Waals surface area contributed by atoms with Gasteiger partial charge in [0.15, 0.2) is 0 Å². The fourth-order valence-corrected chi connectivity index (χ4v) is 3.85. The second-order valence-electron chi connectivity index (χ2n) is 7.03. The summed E-state index contributed by atoms with van der Waals surface area (Å²) >= 11 is 3.27. The van der Waals surface area contributed by atoms with Gasteiger partial charge in [0.1, 0.15) is 0 Å². The maximum absolute atomic E-state index is 10.8. The summed E-state index contributed by atoms with van der Waals surface area (Å²) in [5.41, 5.74) is 2.51. The molecule has 0 saturated heterocycles. The molecule has 0 fully saturated rings. The minimum atomic E-state index is -0.404. The molecule has 0 amide bonds. The zero-order chi connectivity index (χ0) is 18.9. The van der Waals surface area contributed by atoms with Gasteiger partial charge in [0.05, 0.1) is 0 Å². The Labute approximate surface area is 165 Å². The molecule has 2 rings (SSSR count). The quantitative estimate of drug-likeness (QED) is 0.465. The average Bonchev–Trinajstić information content (AvgIpc) is 2.66. The molecule has 0 aromatic heterocycles. The molecule has 0 spiro atoms. The second-order valence-corrected chi connectivity index (χ2v) is 7.91. The first kappa shape index (κ1) is 20.6. The number of nitrogens with zero attached hydrogens (tertiary/aromatic N) is 1. The molecule has 2 aromatic rings. The normalized spacial score (nSPS) is 13.2. The SMILES string of the molecule is C=CC[C@@H](C(=[Se])N(Cc1ccccc1)Cc1ccccc1)[C@@H](O)C(C)C. The summed E-state index contributed by atoms with van der Waals surface area (Å²) in [5.74, 6) is 0.221. The van der Waals surface area contributed by atoms with E-state index in [1.807, 2.05) is 18.2 Å². The number of aliphatic hydroxyl groups is 1. The molecule has 0 heterocycles. The van der Waals surface area contributed by atoms with Crippen molar-refractivity contribution in [2.24, 2.45) is 11.8 Å². The van der Waals surface area contributed by atoms with Crippen LogP contribution in [0, 0.1) is 11.8 Å². The van der Waals surface area contributed by atoms with E-state index in [0.717, 1.165) is 24.1 Å². The van der Waals surface area contributed by atoms with E-state index in [2.05, 4.69) is 89.4 Å². The van der Waals surface area contributed by atoms with Crippen LogP contribution in [-0.2, 0) is 13.1 Å². The summed E-state index contributed by atoms with van der Waals surface area (Å²) < 4.78 is 1.10. The molecule has 26 heavy (non-hydrogen) atoms. The topological polar surface area (TPSA) is 23.5 Å². The van der Waals surface area contributed by atoms with Gasteiger partial charge in [-0.25, -0.2) is 0 Å². The Balaban J connectivity index is 2.27. The average molecular weight is 414 g/mol. The Morgan fingerprint density at radius 2 is 1.46 bits per heavy atom. The van der Waals surface area contributed by atoms with Crippen LogP contribution in [0.2, 0.25) is 0 Å². The molecule has 2 aromatic carbocycles. The van der Waals surface area contributed by atoms with Gasteiger partial charge in [0, 0.05) is 0 Å². The molecule has 2 atom stereocenters. The molecule has 0 bridgehead atoms. The predicted molar refractivity (Wildman–Crippen MR) is 112 cm³/mol. The van der Waals surface area contributed by atoms with E-state index in [0.29, 0.717) is 0 Å². The molecule has 0 aliphatic rings. The zero-order valence-corrected chi connectivity index (χ0v) is 17.4. The van der Waals surface area contributed by atoms with Gasteiger partial charge in [0.25, 0.3) is 0 Å². The molecule has 0 aliphatic carbocycles. The summed E-state index contributed by atoms with van der Waals surface area (Å²) in [6, 6.07) is 20.9. The van der Waals surface area contributed by atoms with E-state index in [4.69, 9.17) is 0 Å². The summed E-state index contributed by atoms with van der Waals surface area (Å²) in [4.78, 5) is 2.34. The van der Waals surface area contributed by atoms with Crippen LogP contribution in [0.25, 0.3) is 0 Å². The van der Waals surface area contributed by atoms with E-state index >= 15 is 0 Å². The number of rotatable bonds is 10. The van der Waals surface area contributed by atoms with Crippen LogP contribution in [0.4, 0.5) is 0 Å². The Bertz CT molecular complexity index is 642. The van der Waals surface area contributed by atoms with E-state index in [-0.39, 0.29) is 11.8 Å². The van der Waals surface area contributed by atoms with E-state index < -0.39 is 6.10 Å². The van der Waals surface area contributed by atoms with Crippen molar-refractivity contribution in [1.82, 2.24) is 4.90 Å². The van der Waals surface area contributed by atoms with Crippen LogP contribution < -0.4 is 0 Å². The first-order valence-corrected chi connectivity index (χ1v) is 10.0. The van der Waals surface area contributed by atoms with Crippen LogP contribution in [0.3, 0.4) is 0 Å². The number of hydrogen-bond acceptors (Lipinski definition) is 2.